The summed E-state index contributed by atoms with van der Waals surface area (Å²) in [5.74, 6) is -0.358. The monoisotopic (exact) mass is 271 g/mol. The number of rotatable bonds is 4. The summed E-state index contributed by atoms with van der Waals surface area (Å²) in [6, 6.07) is 1.72. The third kappa shape index (κ3) is 3.06. The zero-order chi connectivity index (χ0) is 13.9. The van der Waals surface area contributed by atoms with Gasteiger partial charge in [-0.15, -0.1) is 6.42 Å². The fraction of sp³-hybridized carbons (Fsp3) is 0.182. The lowest BCUT2D eigenvalue weighted by Gasteiger charge is -2.09. The fourth-order valence-electron chi connectivity index (χ4n) is 1.18. The molecule has 18 heavy (non-hydrogen) atoms. The van der Waals surface area contributed by atoms with Crippen molar-refractivity contribution in [1.82, 2.24) is 4.72 Å². The van der Waals surface area contributed by atoms with Crippen molar-refractivity contribution in [2.24, 2.45) is 0 Å². The van der Waals surface area contributed by atoms with Crippen LogP contribution in [0.3, 0.4) is 0 Å². The van der Waals surface area contributed by atoms with Crippen molar-refractivity contribution >= 4 is 16.0 Å². The van der Waals surface area contributed by atoms with Gasteiger partial charge in [0.25, 0.3) is 0 Å². The van der Waals surface area contributed by atoms with Gasteiger partial charge in [0.05, 0.1) is 11.6 Å². The lowest BCUT2D eigenvalue weighted by Crippen LogP contribution is -2.32. The maximum absolute atomic E-state index is 13.5. The van der Waals surface area contributed by atoms with Gasteiger partial charge in [-0.25, -0.2) is 17.6 Å². The van der Waals surface area contributed by atoms with Crippen LogP contribution in [0.25, 0.3) is 0 Å². The van der Waals surface area contributed by atoms with Crippen molar-refractivity contribution in [3.63, 3.8) is 0 Å². The van der Waals surface area contributed by atoms with Crippen LogP contribution >= 0.6 is 0 Å². The number of carboxylic acid groups (broad SMARTS) is 1. The van der Waals surface area contributed by atoms with Crippen LogP contribution in [0, 0.1) is 18.2 Å². The maximum atomic E-state index is 13.5. The van der Waals surface area contributed by atoms with E-state index in [0.717, 1.165) is 12.1 Å². The first-order valence-corrected chi connectivity index (χ1v) is 6.27. The molecule has 1 aromatic rings. The van der Waals surface area contributed by atoms with Crippen LogP contribution in [0.1, 0.15) is 17.3 Å². The molecule has 0 saturated heterocycles. The average Bonchev–Trinajstić information content (AvgIpc) is 2.27. The van der Waals surface area contributed by atoms with E-state index in [4.69, 9.17) is 11.5 Å². The highest BCUT2D eigenvalue weighted by molar-refractivity contribution is 7.89. The molecule has 7 heteroatoms. The summed E-state index contributed by atoms with van der Waals surface area (Å²) in [4.78, 5) is 9.94. The van der Waals surface area contributed by atoms with Crippen LogP contribution in [0.15, 0.2) is 23.1 Å². The van der Waals surface area contributed by atoms with E-state index >= 15 is 0 Å². The molecule has 0 amide bonds. The van der Waals surface area contributed by atoms with Crippen LogP contribution in [0.5, 0.6) is 0 Å². The van der Waals surface area contributed by atoms with Crippen molar-refractivity contribution in [1.29, 1.82) is 0 Å². The molecule has 0 aliphatic heterocycles. The molecule has 0 radical (unpaired) electrons. The van der Waals surface area contributed by atoms with E-state index in [2.05, 4.69) is 10.6 Å². The van der Waals surface area contributed by atoms with Gasteiger partial charge < -0.3 is 5.11 Å². The summed E-state index contributed by atoms with van der Waals surface area (Å²) in [7, 11) is -4.11. The Hall–Kier alpha value is -1.91. The van der Waals surface area contributed by atoms with Gasteiger partial charge in [0.2, 0.25) is 10.0 Å². The quantitative estimate of drug-likeness (QED) is 0.794. The molecule has 0 heterocycles. The van der Waals surface area contributed by atoms with E-state index in [-0.39, 0.29) is 5.56 Å². The summed E-state index contributed by atoms with van der Waals surface area (Å²) >= 11 is 0. The second kappa shape index (κ2) is 5.16. The standard InChI is InChI=1S/C11H10FNO4S/c1-3-7(2)13-18(16,17)10-5-4-8(11(14)15)6-9(10)12/h1,4-7,13H,2H3,(H,14,15). The van der Waals surface area contributed by atoms with Gasteiger partial charge >= 0.3 is 5.97 Å². The predicted molar refractivity (Wildman–Crippen MR) is 62.0 cm³/mol. The van der Waals surface area contributed by atoms with E-state index in [9.17, 15) is 17.6 Å². The van der Waals surface area contributed by atoms with Crippen LogP contribution < -0.4 is 4.72 Å². The van der Waals surface area contributed by atoms with Crippen molar-refractivity contribution < 1.29 is 22.7 Å². The Labute approximate surface area is 104 Å². The SMILES string of the molecule is C#CC(C)NS(=O)(=O)c1ccc(C(=O)O)cc1F. The van der Waals surface area contributed by atoms with E-state index in [1.54, 1.807) is 0 Å². The number of terminal acetylenes is 1. The average molecular weight is 271 g/mol. The largest absolute Gasteiger partial charge is 0.478 e. The van der Waals surface area contributed by atoms with Crippen molar-refractivity contribution in [3.05, 3.63) is 29.6 Å². The molecule has 0 aliphatic rings. The Bertz CT molecular complexity index is 618. The Morgan fingerprint density at radius 1 is 1.56 bits per heavy atom. The minimum atomic E-state index is -4.11. The van der Waals surface area contributed by atoms with Crippen LogP contribution in [0.4, 0.5) is 4.39 Å². The zero-order valence-electron chi connectivity index (χ0n) is 9.34. The molecule has 0 saturated carbocycles. The minimum absolute atomic E-state index is 0.337. The van der Waals surface area contributed by atoms with Crippen LogP contribution in [0.2, 0.25) is 0 Å². The molecule has 0 bridgehead atoms. The smallest absolute Gasteiger partial charge is 0.335 e. The summed E-state index contributed by atoms with van der Waals surface area (Å²) < 4.78 is 39.0. The zero-order valence-corrected chi connectivity index (χ0v) is 10.2. The Balaban J connectivity index is 3.19. The first kappa shape index (κ1) is 14.2. The number of carboxylic acids is 1. The molecule has 5 nitrogen and oxygen atoms in total. The number of carbonyl (C=O) groups is 1. The Morgan fingerprint density at radius 3 is 2.61 bits per heavy atom. The fourth-order valence-corrected chi connectivity index (χ4v) is 2.41. The summed E-state index contributed by atoms with van der Waals surface area (Å²) in [5.41, 5.74) is -0.337. The van der Waals surface area contributed by atoms with Crippen LogP contribution in [-0.4, -0.2) is 25.5 Å². The minimum Gasteiger partial charge on any atom is -0.478 e. The first-order chi connectivity index (χ1) is 8.27. The number of hydrogen-bond donors (Lipinski definition) is 2. The van der Waals surface area contributed by atoms with Gasteiger partial charge in [-0.1, -0.05) is 5.92 Å². The van der Waals surface area contributed by atoms with Crippen molar-refractivity contribution in [2.45, 2.75) is 17.9 Å². The van der Waals surface area contributed by atoms with Crippen molar-refractivity contribution in [2.75, 3.05) is 0 Å². The second-order valence-corrected chi connectivity index (χ2v) is 5.14. The number of sulfonamides is 1. The van der Waals surface area contributed by atoms with E-state index in [0.29, 0.717) is 6.07 Å². The van der Waals surface area contributed by atoms with E-state index < -0.39 is 32.7 Å². The molecule has 96 valence electrons. The molecule has 1 rings (SSSR count). The van der Waals surface area contributed by atoms with Gasteiger partial charge in [-0.3, -0.25) is 0 Å². The van der Waals surface area contributed by atoms with Crippen molar-refractivity contribution in [3.8, 4) is 12.3 Å². The third-order valence-electron chi connectivity index (χ3n) is 2.05. The Kier molecular flexibility index (Phi) is 4.06. The number of halogens is 1. The summed E-state index contributed by atoms with van der Waals surface area (Å²) in [5, 5.41) is 8.63. The summed E-state index contributed by atoms with van der Waals surface area (Å²) in [6.07, 6.45) is 5.01. The topological polar surface area (TPSA) is 83.5 Å². The third-order valence-corrected chi connectivity index (χ3v) is 3.62. The number of benzene rings is 1. The van der Waals surface area contributed by atoms with Gasteiger partial charge in [-0.2, -0.15) is 4.72 Å². The van der Waals surface area contributed by atoms with Gasteiger partial charge in [0.1, 0.15) is 10.7 Å². The highest BCUT2D eigenvalue weighted by Gasteiger charge is 2.21. The normalized spacial score (nSPS) is 12.7. The summed E-state index contributed by atoms with van der Waals surface area (Å²) in [6.45, 7) is 1.42. The molecule has 1 unspecified atom stereocenters. The molecule has 0 aromatic heterocycles. The molecular weight excluding hydrogens is 261 g/mol. The highest BCUT2D eigenvalue weighted by Crippen LogP contribution is 2.16. The molecule has 1 aromatic carbocycles. The molecule has 1 atom stereocenters. The Morgan fingerprint density at radius 2 is 2.17 bits per heavy atom. The lowest BCUT2D eigenvalue weighted by molar-refractivity contribution is 0.0696. The van der Waals surface area contributed by atoms with E-state index in [1.807, 2.05) is 0 Å². The molecule has 0 spiro atoms. The van der Waals surface area contributed by atoms with Gasteiger partial charge in [0.15, 0.2) is 0 Å². The number of hydrogen-bond acceptors (Lipinski definition) is 3. The van der Waals surface area contributed by atoms with E-state index in [1.165, 1.54) is 6.92 Å². The molecule has 0 aliphatic carbocycles. The predicted octanol–water partition coefficient (Wildman–Crippen LogP) is 0.824. The first-order valence-electron chi connectivity index (χ1n) is 4.79. The highest BCUT2D eigenvalue weighted by atomic mass is 32.2. The van der Waals surface area contributed by atoms with Gasteiger partial charge in [-0.05, 0) is 25.1 Å². The number of nitrogens with one attached hydrogen (secondary N) is 1. The lowest BCUT2D eigenvalue weighted by atomic mass is 10.2. The molecule has 2 N–H and O–H groups in total. The molecule has 0 fully saturated rings. The number of aromatic carboxylic acids is 1. The maximum Gasteiger partial charge on any atom is 0.335 e. The van der Waals surface area contributed by atoms with Crippen LogP contribution in [-0.2, 0) is 10.0 Å². The van der Waals surface area contributed by atoms with Gasteiger partial charge in [0, 0.05) is 0 Å². The second-order valence-electron chi connectivity index (χ2n) is 3.46. The molecular formula is C11H10FNO4S.